The highest BCUT2D eigenvalue weighted by Crippen LogP contribution is 2.41. The molecular formula is C17H19F4NO4. The highest BCUT2D eigenvalue weighted by Gasteiger charge is 2.43. The number of halogens is 4. The second-order valence-electron chi connectivity index (χ2n) is 6.84. The van der Waals surface area contributed by atoms with Crippen LogP contribution in [0.25, 0.3) is 0 Å². The Morgan fingerprint density at radius 3 is 2.62 bits per heavy atom. The molecule has 2 heterocycles. The summed E-state index contributed by atoms with van der Waals surface area (Å²) in [6, 6.07) is 3.03. The number of piperidine rings is 1. The van der Waals surface area contributed by atoms with Crippen molar-refractivity contribution in [2.75, 3.05) is 24.6 Å². The maximum absolute atomic E-state index is 13.7. The Hall–Kier alpha value is -2.03. The predicted octanol–water partition coefficient (Wildman–Crippen LogP) is 3.57. The number of hydrogen-bond donors (Lipinski definition) is 1. The monoisotopic (exact) mass is 377 g/mol. The van der Waals surface area contributed by atoms with Crippen molar-refractivity contribution in [1.29, 1.82) is 0 Å². The lowest BCUT2D eigenvalue weighted by atomic mass is 9.84. The van der Waals surface area contributed by atoms with Crippen LogP contribution in [0.4, 0.5) is 23.2 Å². The summed E-state index contributed by atoms with van der Waals surface area (Å²) in [6.07, 6.45) is -2.95. The van der Waals surface area contributed by atoms with E-state index in [0.717, 1.165) is 6.07 Å². The molecule has 0 amide bonds. The van der Waals surface area contributed by atoms with E-state index in [1.165, 1.54) is 6.07 Å². The Balaban J connectivity index is 1.64. The summed E-state index contributed by atoms with van der Waals surface area (Å²) >= 11 is 0. The largest absolute Gasteiger partial charge is 0.573 e. The van der Waals surface area contributed by atoms with Crippen molar-refractivity contribution in [3.05, 3.63) is 24.0 Å². The molecule has 1 atom stereocenters. The van der Waals surface area contributed by atoms with Gasteiger partial charge in [0.25, 0.3) is 0 Å². The van der Waals surface area contributed by atoms with Gasteiger partial charge >= 0.3 is 12.3 Å². The number of aliphatic carboxylic acids is 1. The van der Waals surface area contributed by atoms with E-state index in [2.05, 4.69) is 4.74 Å². The molecule has 1 spiro atoms. The number of alkyl halides is 3. The zero-order chi connectivity index (χ0) is 18.9. The van der Waals surface area contributed by atoms with E-state index in [9.17, 15) is 22.4 Å². The maximum atomic E-state index is 13.7. The molecule has 26 heavy (non-hydrogen) atoms. The van der Waals surface area contributed by atoms with Crippen LogP contribution in [-0.2, 0) is 9.53 Å². The third-order valence-corrected chi connectivity index (χ3v) is 4.88. The van der Waals surface area contributed by atoms with Crippen molar-refractivity contribution < 1.29 is 36.9 Å². The van der Waals surface area contributed by atoms with Crippen LogP contribution >= 0.6 is 0 Å². The molecule has 9 heteroatoms. The van der Waals surface area contributed by atoms with E-state index in [4.69, 9.17) is 9.84 Å². The molecule has 0 bridgehead atoms. The molecule has 2 aliphatic heterocycles. The van der Waals surface area contributed by atoms with Gasteiger partial charge in [-0.1, -0.05) is 0 Å². The van der Waals surface area contributed by atoms with Crippen LogP contribution in [0.15, 0.2) is 18.2 Å². The smallest absolute Gasteiger partial charge is 0.481 e. The SMILES string of the molecule is O=C(O)CC1COC2(CCN(c3cc(F)cc(OC(F)(F)F)c3)CC2)C1. The molecule has 2 saturated heterocycles. The summed E-state index contributed by atoms with van der Waals surface area (Å²) in [7, 11) is 0. The lowest BCUT2D eigenvalue weighted by Gasteiger charge is -2.40. The highest BCUT2D eigenvalue weighted by atomic mass is 19.4. The molecule has 5 nitrogen and oxygen atoms in total. The van der Waals surface area contributed by atoms with Crippen molar-refractivity contribution in [3.63, 3.8) is 0 Å². The second kappa shape index (κ2) is 6.94. The van der Waals surface area contributed by atoms with Gasteiger partial charge in [-0.15, -0.1) is 13.2 Å². The van der Waals surface area contributed by atoms with Crippen LogP contribution in [0.1, 0.15) is 25.7 Å². The van der Waals surface area contributed by atoms with E-state index in [1.807, 2.05) is 0 Å². The quantitative estimate of drug-likeness (QED) is 0.813. The first-order chi connectivity index (χ1) is 12.1. The van der Waals surface area contributed by atoms with Crippen LogP contribution in [0.5, 0.6) is 5.75 Å². The third kappa shape index (κ3) is 4.57. The minimum atomic E-state index is -4.88. The van der Waals surface area contributed by atoms with Crippen LogP contribution in [0.3, 0.4) is 0 Å². The first kappa shape index (κ1) is 18.8. The molecule has 1 aromatic rings. The third-order valence-electron chi connectivity index (χ3n) is 4.88. The fourth-order valence-corrected chi connectivity index (χ4v) is 3.76. The lowest BCUT2D eigenvalue weighted by Crippen LogP contribution is -2.44. The normalized spacial score (nSPS) is 22.6. The van der Waals surface area contributed by atoms with Crippen molar-refractivity contribution in [1.82, 2.24) is 0 Å². The molecular weight excluding hydrogens is 358 g/mol. The number of hydrogen-bond acceptors (Lipinski definition) is 4. The minimum absolute atomic E-state index is 0.0278. The van der Waals surface area contributed by atoms with Crippen molar-refractivity contribution >= 4 is 11.7 Å². The van der Waals surface area contributed by atoms with E-state index in [0.29, 0.717) is 50.7 Å². The Bertz CT molecular complexity index is 671. The van der Waals surface area contributed by atoms with Crippen LogP contribution in [0.2, 0.25) is 0 Å². The van der Waals surface area contributed by atoms with Crippen LogP contribution in [0, 0.1) is 11.7 Å². The number of ether oxygens (including phenoxy) is 2. The Labute approximate surface area is 147 Å². The molecule has 0 aliphatic carbocycles. The summed E-state index contributed by atoms with van der Waals surface area (Å²) in [6.45, 7) is 1.36. The molecule has 1 N–H and O–H groups in total. The topological polar surface area (TPSA) is 59.0 Å². The van der Waals surface area contributed by atoms with Gasteiger partial charge < -0.3 is 19.5 Å². The van der Waals surface area contributed by atoms with E-state index in [-0.39, 0.29) is 12.3 Å². The van der Waals surface area contributed by atoms with Crippen LogP contribution < -0.4 is 9.64 Å². The van der Waals surface area contributed by atoms with E-state index in [1.54, 1.807) is 4.90 Å². The van der Waals surface area contributed by atoms with E-state index >= 15 is 0 Å². The van der Waals surface area contributed by atoms with Gasteiger partial charge in [0.05, 0.1) is 18.6 Å². The van der Waals surface area contributed by atoms with Gasteiger partial charge in [0.2, 0.25) is 0 Å². The van der Waals surface area contributed by atoms with Gasteiger partial charge in [-0.2, -0.15) is 0 Å². The van der Waals surface area contributed by atoms with Gasteiger partial charge in [0.15, 0.2) is 0 Å². The summed E-state index contributed by atoms with van der Waals surface area (Å²) in [5.41, 5.74) is -0.0749. The van der Waals surface area contributed by atoms with Crippen molar-refractivity contribution in [3.8, 4) is 5.75 Å². The first-order valence-electron chi connectivity index (χ1n) is 8.31. The number of nitrogens with zero attached hydrogens (tertiary/aromatic N) is 1. The van der Waals surface area contributed by atoms with Gasteiger partial charge in [-0.05, 0) is 31.2 Å². The summed E-state index contributed by atoms with van der Waals surface area (Å²) in [5.74, 6) is -2.28. The molecule has 0 saturated carbocycles. The number of anilines is 1. The predicted molar refractivity (Wildman–Crippen MR) is 83.6 cm³/mol. The number of benzene rings is 1. The van der Waals surface area contributed by atoms with Gasteiger partial charge in [0, 0.05) is 30.9 Å². The lowest BCUT2D eigenvalue weighted by molar-refractivity contribution is -0.274. The number of carboxylic acid groups (broad SMARTS) is 1. The molecule has 1 aromatic carbocycles. The molecule has 2 fully saturated rings. The number of carbonyl (C=O) groups is 1. The fraction of sp³-hybridized carbons (Fsp3) is 0.588. The standard InChI is InChI=1S/C17H19F4NO4/c18-12-6-13(8-14(7-12)26-17(19,20)21)22-3-1-16(2-4-22)9-11(10-25-16)5-15(23)24/h6-8,11H,1-5,9-10H2,(H,23,24). The van der Waals surface area contributed by atoms with E-state index < -0.39 is 29.5 Å². The Kier molecular flexibility index (Phi) is 5.01. The van der Waals surface area contributed by atoms with Gasteiger partial charge in [-0.3, -0.25) is 4.79 Å². The molecule has 0 aromatic heterocycles. The van der Waals surface area contributed by atoms with Gasteiger partial charge in [0.1, 0.15) is 11.6 Å². The zero-order valence-corrected chi connectivity index (χ0v) is 13.9. The Morgan fingerprint density at radius 1 is 1.31 bits per heavy atom. The number of rotatable bonds is 4. The molecule has 0 radical (unpaired) electrons. The molecule has 1 unspecified atom stereocenters. The minimum Gasteiger partial charge on any atom is -0.481 e. The summed E-state index contributed by atoms with van der Waals surface area (Å²) in [5, 5.41) is 8.89. The zero-order valence-electron chi connectivity index (χ0n) is 13.9. The number of carboxylic acids is 1. The summed E-state index contributed by atoms with van der Waals surface area (Å²) in [4.78, 5) is 12.6. The average molecular weight is 377 g/mol. The fourth-order valence-electron chi connectivity index (χ4n) is 3.76. The second-order valence-corrected chi connectivity index (χ2v) is 6.84. The van der Waals surface area contributed by atoms with Crippen molar-refractivity contribution in [2.45, 2.75) is 37.6 Å². The maximum Gasteiger partial charge on any atom is 0.573 e. The Morgan fingerprint density at radius 2 is 2.00 bits per heavy atom. The average Bonchev–Trinajstić information content (AvgIpc) is 2.87. The molecule has 3 rings (SSSR count). The van der Waals surface area contributed by atoms with Gasteiger partial charge in [-0.25, -0.2) is 4.39 Å². The first-order valence-corrected chi connectivity index (χ1v) is 8.31. The highest BCUT2D eigenvalue weighted by molar-refractivity contribution is 5.67. The molecule has 2 aliphatic rings. The summed E-state index contributed by atoms with van der Waals surface area (Å²) < 4.78 is 60.4. The van der Waals surface area contributed by atoms with Crippen LogP contribution in [-0.4, -0.2) is 42.7 Å². The van der Waals surface area contributed by atoms with Crippen molar-refractivity contribution in [2.24, 2.45) is 5.92 Å². The molecule has 144 valence electrons.